The molecule has 2 amide bonds. The summed E-state index contributed by atoms with van der Waals surface area (Å²) in [4.78, 5) is 34.3. The first-order valence-electron chi connectivity index (χ1n) is 6.14. The third-order valence-electron chi connectivity index (χ3n) is 3.20. The van der Waals surface area contributed by atoms with E-state index in [9.17, 15) is 24.1 Å². The number of rotatable bonds is 3. The molecule has 1 saturated heterocycles. The van der Waals surface area contributed by atoms with Crippen LogP contribution in [0, 0.1) is 21.8 Å². The Kier molecular flexibility index (Phi) is 3.78. The molecule has 1 aromatic rings. The van der Waals surface area contributed by atoms with E-state index in [1.807, 2.05) is 6.92 Å². The van der Waals surface area contributed by atoms with Crippen molar-refractivity contribution in [2.24, 2.45) is 5.92 Å². The standard InChI is InChI=1S/C13H13FN2O4/c1-8-4-12(17)15(13(18)5-8)7-9-2-3-11(16(19)20)10(14)6-9/h2-3,6,8H,4-5,7H2,1H3. The molecule has 20 heavy (non-hydrogen) atoms. The molecule has 0 bridgehead atoms. The van der Waals surface area contributed by atoms with Gasteiger partial charge in [0.1, 0.15) is 0 Å². The number of carbonyl (C=O) groups excluding carboxylic acids is 2. The van der Waals surface area contributed by atoms with Gasteiger partial charge in [-0.3, -0.25) is 24.6 Å². The van der Waals surface area contributed by atoms with E-state index in [4.69, 9.17) is 0 Å². The summed E-state index contributed by atoms with van der Waals surface area (Å²) in [5.74, 6) is -1.56. The van der Waals surface area contributed by atoms with Gasteiger partial charge >= 0.3 is 5.69 Å². The largest absolute Gasteiger partial charge is 0.304 e. The molecule has 0 aromatic heterocycles. The van der Waals surface area contributed by atoms with Crippen LogP contribution in [0.2, 0.25) is 0 Å². The van der Waals surface area contributed by atoms with Crippen LogP contribution in [0.15, 0.2) is 18.2 Å². The quantitative estimate of drug-likeness (QED) is 0.482. The number of hydrogen-bond donors (Lipinski definition) is 0. The van der Waals surface area contributed by atoms with Crippen molar-refractivity contribution in [3.63, 3.8) is 0 Å². The van der Waals surface area contributed by atoms with E-state index >= 15 is 0 Å². The number of benzene rings is 1. The molecular weight excluding hydrogens is 267 g/mol. The Balaban J connectivity index is 2.18. The molecule has 0 spiro atoms. The summed E-state index contributed by atoms with van der Waals surface area (Å²) in [6.45, 7) is 1.76. The van der Waals surface area contributed by atoms with Gasteiger partial charge in [0.15, 0.2) is 0 Å². The lowest BCUT2D eigenvalue weighted by Gasteiger charge is -2.28. The highest BCUT2D eigenvalue weighted by molar-refractivity contribution is 5.97. The van der Waals surface area contributed by atoms with E-state index in [0.717, 1.165) is 17.0 Å². The van der Waals surface area contributed by atoms with Crippen molar-refractivity contribution in [3.8, 4) is 0 Å². The molecule has 0 radical (unpaired) electrons. The number of nitrogens with zero attached hydrogens (tertiary/aromatic N) is 2. The highest BCUT2D eigenvalue weighted by atomic mass is 19.1. The molecule has 1 aliphatic heterocycles. The van der Waals surface area contributed by atoms with Gasteiger partial charge in [0.25, 0.3) is 0 Å². The zero-order valence-electron chi connectivity index (χ0n) is 10.8. The molecule has 0 N–H and O–H groups in total. The van der Waals surface area contributed by atoms with Crippen molar-refractivity contribution in [1.82, 2.24) is 4.90 Å². The molecule has 0 unspecified atom stereocenters. The molecule has 2 rings (SSSR count). The monoisotopic (exact) mass is 280 g/mol. The second-order valence-electron chi connectivity index (χ2n) is 4.93. The maximum absolute atomic E-state index is 13.5. The molecule has 106 valence electrons. The summed E-state index contributed by atoms with van der Waals surface area (Å²) in [6, 6.07) is 3.36. The van der Waals surface area contributed by atoms with Crippen molar-refractivity contribution in [3.05, 3.63) is 39.7 Å². The van der Waals surface area contributed by atoms with Crippen LogP contribution in [-0.2, 0) is 16.1 Å². The van der Waals surface area contributed by atoms with Crippen LogP contribution in [0.4, 0.5) is 10.1 Å². The minimum absolute atomic E-state index is 0.0137. The Hall–Kier alpha value is -2.31. The molecule has 1 fully saturated rings. The molecular formula is C13H13FN2O4. The zero-order valence-corrected chi connectivity index (χ0v) is 10.8. The number of halogens is 1. The number of nitro groups is 1. The molecule has 1 aromatic carbocycles. The van der Waals surface area contributed by atoms with Gasteiger partial charge in [-0.2, -0.15) is 4.39 Å². The summed E-state index contributed by atoms with van der Waals surface area (Å²) in [6.07, 6.45) is 0.558. The highest BCUT2D eigenvalue weighted by Gasteiger charge is 2.30. The van der Waals surface area contributed by atoms with E-state index in [1.54, 1.807) is 0 Å². The Labute approximate surface area is 114 Å². The lowest BCUT2D eigenvalue weighted by Crippen LogP contribution is -2.42. The van der Waals surface area contributed by atoms with Crippen molar-refractivity contribution < 1.29 is 18.9 Å². The second-order valence-corrected chi connectivity index (χ2v) is 4.93. The number of imide groups is 1. The maximum atomic E-state index is 13.5. The van der Waals surface area contributed by atoms with Crippen molar-refractivity contribution >= 4 is 17.5 Å². The first kappa shape index (κ1) is 14.1. The predicted octanol–water partition coefficient (Wildman–Crippen LogP) is 2.02. The number of hydrogen-bond acceptors (Lipinski definition) is 4. The molecule has 0 aliphatic carbocycles. The lowest BCUT2D eigenvalue weighted by atomic mass is 9.97. The van der Waals surface area contributed by atoms with Crippen LogP contribution in [0.5, 0.6) is 0 Å². The van der Waals surface area contributed by atoms with Gasteiger partial charge in [-0.05, 0) is 17.5 Å². The third-order valence-corrected chi connectivity index (χ3v) is 3.20. The highest BCUT2D eigenvalue weighted by Crippen LogP contribution is 2.23. The van der Waals surface area contributed by atoms with Crippen LogP contribution < -0.4 is 0 Å². The number of piperidine rings is 1. The topological polar surface area (TPSA) is 80.5 Å². The lowest BCUT2D eigenvalue weighted by molar-refractivity contribution is -0.387. The van der Waals surface area contributed by atoms with Gasteiger partial charge in [-0.25, -0.2) is 0 Å². The van der Waals surface area contributed by atoms with E-state index < -0.39 is 16.4 Å². The second kappa shape index (κ2) is 5.36. The Morgan fingerprint density at radius 3 is 2.45 bits per heavy atom. The number of carbonyl (C=O) groups is 2. The summed E-state index contributed by atoms with van der Waals surface area (Å²) in [5, 5.41) is 10.5. The Morgan fingerprint density at radius 2 is 1.95 bits per heavy atom. The normalized spacial score (nSPS) is 16.6. The number of amides is 2. The third kappa shape index (κ3) is 2.81. The molecule has 0 saturated carbocycles. The van der Waals surface area contributed by atoms with Crippen molar-refractivity contribution in [2.75, 3.05) is 0 Å². The fourth-order valence-electron chi connectivity index (χ4n) is 2.18. The molecule has 7 heteroatoms. The van der Waals surface area contributed by atoms with E-state index in [2.05, 4.69) is 0 Å². The maximum Gasteiger partial charge on any atom is 0.304 e. The van der Waals surface area contributed by atoms with Crippen LogP contribution in [-0.4, -0.2) is 21.6 Å². The van der Waals surface area contributed by atoms with Gasteiger partial charge < -0.3 is 0 Å². The van der Waals surface area contributed by atoms with Gasteiger partial charge in [-0.1, -0.05) is 13.0 Å². The molecule has 1 heterocycles. The summed E-state index contributed by atoms with van der Waals surface area (Å²) in [5.41, 5.74) is -0.275. The predicted molar refractivity (Wildman–Crippen MR) is 67.0 cm³/mol. The van der Waals surface area contributed by atoms with E-state index in [0.29, 0.717) is 5.56 Å². The van der Waals surface area contributed by atoms with Crippen molar-refractivity contribution in [2.45, 2.75) is 26.3 Å². The minimum atomic E-state index is -0.974. The zero-order chi connectivity index (χ0) is 14.9. The van der Waals surface area contributed by atoms with Crippen molar-refractivity contribution in [1.29, 1.82) is 0 Å². The number of nitro benzene ring substituents is 1. The van der Waals surface area contributed by atoms with Crippen LogP contribution in [0.25, 0.3) is 0 Å². The van der Waals surface area contributed by atoms with Crippen LogP contribution in [0.1, 0.15) is 25.3 Å². The fourth-order valence-corrected chi connectivity index (χ4v) is 2.18. The van der Waals surface area contributed by atoms with Crippen LogP contribution >= 0.6 is 0 Å². The van der Waals surface area contributed by atoms with Gasteiger partial charge in [0.2, 0.25) is 17.6 Å². The van der Waals surface area contributed by atoms with E-state index in [-0.39, 0.29) is 37.1 Å². The fraction of sp³-hybridized carbons (Fsp3) is 0.385. The molecule has 6 nitrogen and oxygen atoms in total. The van der Waals surface area contributed by atoms with Crippen LogP contribution in [0.3, 0.4) is 0 Å². The molecule has 1 aliphatic rings. The molecule has 0 atom stereocenters. The first-order chi connectivity index (χ1) is 9.38. The van der Waals surface area contributed by atoms with Gasteiger partial charge in [0.05, 0.1) is 11.5 Å². The Bertz CT molecular complexity index is 570. The summed E-state index contributed by atoms with van der Waals surface area (Å²) >= 11 is 0. The van der Waals surface area contributed by atoms with Gasteiger partial charge in [0, 0.05) is 18.9 Å². The average molecular weight is 280 g/mol. The van der Waals surface area contributed by atoms with Gasteiger partial charge in [-0.15, -0.1) is 0 Å². The minimum Gasteiger partial charge on any atom is -0.278 e. The smallest absolute Gasteiger partial charge is 0.278 e. The first-order valence-corrected chi connectivity index (χ1v) is 6.14. The summed E-state index contributed by atoms with van der Waals surface area (Å²) in [7, 11) is 0. The SMILES string of the molecule is CC1CC(=O)N(Cc2ccc([N+](=O)[O-])c(F)c2)C(=O)C1. The Morgan fingerprint density at radius 1 is 1.35 bits per heavy atom. The number of likely N-dealkylation sites (tertiary alicyclic amines) is 1. The average Bonchev–Trinajstić information content (AvgIpc) is 2.33. The van der Waals surface area contributed by atoms with E-state index in [1.165, 1.54) is 6.07 Å². The summed E-state index contributed by atoms with van der Waals surface area (Å²) < 4.78 is 13.5.